The summed E-state index contributed by atoms with van der Waals surface area (Å²) in [4.78, 5) is 0. The van der Waals surface area contributed by atoms with Crippen molar-refractivity contribution in [1.29, 1.82) is 0 Å². The van der Waals surface area contributed by atoms with Crippen LogP contribution >= 0.6 is 0 Å². The van der Waals surface area contributed by atoms with Crippen molar-refractivity contribution in [2.75, 3.05) is 13.6 Å². The third-order valence-corrected chi connectivity index (χ3v) is 5.19. The Kier molecular flexibility index (Phi) is 2.84. The minimum absolute atomic E-state index is 0.294. The fourth-order valence-corrected chi connectivity index (χ4v) is 3.76. The Labute approximate surface area is 140 Å². The lowest BCUT2D eigenvalue weighted by molar-refractivity contribution is 0.173. The predicted octanol–water partition coefficient (Wildman–Crippen LogP) is 4.16. The van der Waals surface area contributed by atoms with Crippen molar-refractivity contribution in [3.8, 4) is 23.0 Å². The highest BCUT2D eigenvalue weighted by Gasteiger charge is 2.27. The zero-order valence-electron chi connectivity index (χ0n) is 13.7. The van der Waals surface area contributed by atoms with Crippen molar-refractivity contribution in [2.45, 2.75) is 20.3 Å². The summed E-state index contributed by atoms with van der Waals surface area (Å²) < 4.78 is 22.2. The zero-order chi connectivity index (χ0) is 16.3. The number of rotatable bonds is 1. The van der Waals surface area contributed by atoms with Gasteiger partial charge in [0.1, 0.15) is 0 Å². The van der Waals surface area contributed by atoms with Crippen molar-refractivity contribution in [3.05, 3.63) is 52.6 Å². The lowest BCUT2D eigenvalue weighted by atomic mass is 9.77. The molecule has 4 heteroatoms. The molecular weight excluding hydrogens is 304 g/mol. The minimum Gasteiger partial charge on any atom is -0.454 e. The molecule has 1 atom stereocenters. The van der Waals surface area contributed by atoms with E-state index in [1.54, 1.807) is 0 Å². The Hall–Kier alpha value is -2.62. The fourth-order valence-electron chi connectivity index (χ4n) is 3.76. The maximum Gasteiger partial charge on any atom is 0.231 e. The van der Waals surface area contributed by atoms with Crippen LogP contribution < -0.4 is 18.9 Å². The van der Waals surface area contributed by atoms with Gasteiger partial charge in [-0.1, -0.05) is 18.6 Å². The van der Waals surface area contributed by atoms with E-state index in [2.05, 4.69) is 38.1 Å². The molecule has 0 spiro atoms. The van der Waals surface area contributed by atoms with Gasteiger partial charge in [0.25, 0.3) is 0 Å². The molecule has 0 unspecified atom stereocenters. The van der Waals surface area contributed by atoms with E-state index in [4.69, 9.17) is 18.9 Å². The van der Waals surface area contributed by atoms with Crippen LogP contribution in [0.5, 0.6) is 23.0 Å². The smallest absolute Gasteiger partial charge is 0.231 e. The molecule has 0 aromatic heterocycles. The molecule has 0 saturated carbocycles. The van der Waals surface area contributed by atoms with Crippen LogP contribution in [0.25, 0.3) is 5.57 Å². The summed E-state index contributed by atoms with van der Waals surface area (Å²) in [5.41, 5.74) is 6.35. The van der Waals surface area contributed by atoms with Gasteiger partial charge in [-0.3, -0.25) is 0 Å². The van der Waals surface area contributed by atoms with Crippen LogP contribution in [-0.4, -0.2) is 13.6 Å². The second kappa shape index (κ2) is 4.94. The van der Waals surface area contributed by atoms with Gasteiger partial charge in [-0.15, -0.1) is 0 Å². The van der Waals surface area contributed by atoms with Crippen molar-refractivity contribution in [3.63, 3.8) is 0 Å². The second-order valence-corrected chi connectivity index (χ2v) is 6.59. The van der Waals surface area contributed by atoms with Crippen LogP contribution in [0, 0.1) is 5.92 Å². The van der Waals surface area contributed by atoms with Gasteiger partial charge in [-0.2, -0.15) is 0 Å². The number of benzene rings is 2. The maximum absolute atomic E-state index is 5.60. The number of hydrogen-bond acceptors (Lipinski definition) is 4. The van der Waals surface area contributed by atoms with Gasteiger partial charge in [-0.05, 0) is 65.8 Å². The summed E-state index contributed by atoms with van der Waals surface area (Å²) in [6.07, 6.45) is 1.02. The summed E-state index contributed by atoms with van der Waals surface area (Å²) in [5, 5.41) is 0. The molecule has 4 nitrogen and oxygen atoms in total. The number of allylic oxidation sites excluding steroid dienone is 1. The molecule has 3 aliphatic rings. The first-order valence-corrected chi connectivity index (χ1v) is 8.24. The van der Waals surface area contributed by atoms with E-state index < -0.39 is 0 Å². The third-order valence-electron chi connectivity index (χ3n) is 5.19. The lowest BCUT2D eigenvalue weighted by Gasteiger charge is -2.27. The monoisotopic (exact) mass is 322 g/mol. The van der Waals surface area contributed by atoms with Gasteiger partial charge < -0.3 is 18.9 Å². The highest BCUT2D eigenvalue weighted by Crippen LogP contribution is 2.46. The van der Waals surface area contributed by atoms with Crippen LogP contribution in [0.2, 0.25) is 0 Å². The molecule has 2 aromatic rings. The molecule has 122 valence electrons. The van der Waals surface area contributed by atoms with Crippen molar-refractivity contribution < 1.29 is 18.9 Å². The molecule has 0 radical (unpaired) electrons. The van der Waals surface area contributed by atoms with E-state index in [0.717, 1.165) is 35.0 Å². The first-order chi connectivity index (χ1) is 11.7. The van der Waals surface area contributed by atoms with E-state index in [1.807, 2.05) is 6.07 Å². The van der Waals surface area contributed by atoms with Crippen LogP contribution in [0.4, 0.5) is 0 Å². The highest BCUT2D eigenvalue weighted by molar-refractivity contribution is 5.87. The first-order valence-electron chi connectivity index (χ1n) is 8.24. The molecule has 2 aliphatic heterocycles. The second-order valence-electron chi connectivity index (χ2n) is 6.59. The summed E-state index contributed by atoms with van der Waals surface area (Å²) in [5.74, 6) is 3.79. The average Bonchev–Trinajstić information content (AvgIpc) is 3.22. The number of hydrogen-bond donors (Lipinski definition) is 0. The lowest BCUT2D eigenvalue weighted by Crippen LogP contribution is -2.13. The summed E-state index contributed by atoms with van der Waals surface area (Å²) in [6, 6.07) is 10.4. The Bertz CT molecular complexity index is 881. The summed E-state index contributed by atoms with van der Waals surface area (Å²) >= 11 is 0. The largest absolute Gasteiger partial charge is 0.454 e. The molecule has 0 amide bonds. The molecule has 0 saturated heterocycles. The quantitative estimate of drug-likeness (QED) is 0.790. The van der Waals surface area contributed by atoms with Gasteiger partial charge >= 0.3 is 0 Å². The third kappa shape index (κ3) is 1.92. The first kappa shape index (κ1) is 13.8. The van der Waals surface area contributed by atoms with Crippen molar-refractivity contribution in [1.82, 2.24) is 0 Å². The van der Waals surface area contributed by atoms with Gasteiger partial charge in [-0.25, -0.2) is 0 Å². The standard InChI is InChI=1S/C20H18O4/c1-11-5-14-7-18-19(24-10-23-18)8-15(14)20(12(11)2)13-3-4-16-17(6-13)22-9-21-16/h3-4,6-8,11H,5,9-10H2,1-2H3/t11-/m1/s1. The molecular formula is C20H18O4. The molecule has 0 N–H and O–H groups in total. The number of ether oxygens (including phenoxy) is 4. The van der Waals surface area contributed by atoms with E-state index in [0.29, 0.717) is 19.5 Å². The molecule has 2 heterocycles. The maximum atomic E-state index is 5.60. The fraction of sp³-hybridized carbons (Fsp3) is 0.300. The van der Waals surface area contributed by atoms with Crippen LogP contribution in [0.1, 0.15) is 30.5 Å². The highest BCUT2D eigenvalue weighted by atomic mass is 16.7. The Balaban J connectivity index is 1.71. The van der Waals surface area contributed by atoms with Gasteiger partial charge in [0.15, 0.2) is 23.0 Å². The van der Waals surface area contributed by atoms with Crippen LogP contribution in [0.15, 0.2) is 35.9 Å². The van der Waals surface area contributed by atoms with E-state index in [-0.39, 0.29) is 0 Å². The van der Waals surface area contributed by atoms with E-state index >= 15 is 0 Å². The van der Waals surface area contributed by atoms with Crippen LogP contribution in [0.3, 0.4) is 0 Å². The average molecular weight is 322 g/mol. The molecule has 0 fully saturated rings. The van der Waals surface area contributed by atoms with Crippen molar-refractivity contribution in [2.24, 2.45) is 5.92 Å². The van der Waals surface area contributed by atoms with Crippen LogP contribution in [-0.2, 0) is 6.42 Å². The minimum atomic E-state index is 0.294. The summed E-state index contributed by atoms with van der Waals surface area (Å²) in [7, 11) is 0. The van der Waals surface area contributed by atoms with Gasteiger partial charge in [0.2, 0.25) is 13.6 Å². The van der Waals surface area contributed by atoms with E-state index in [9.17, 15) is 0 Å². The van der Waals surface area contributed by atoms with Gasteiger partial charge in [0, 0.05) is 0 Å². The normalized spacial score (nSPS) is 20.3. The molecule has 5 rings (SSSR count). The Morgan fingerprint density at radius 3 is 2.29 bits per heavy atom. The zero-order valence-corrected chi connectivity index (χ0v) is 13.7. The molecule has 2 aromatic carbocycles. The topological polar surface area (TPSA) is 36.9 Å². The van der Waals surface area contributed by atoms with Crippen molar-refractivity contribution >= 4 is 5.57 Å². The Morgan fingerprint density at radius 1 is 0.833 bits per heavy atom. The molecule has 1 aliphatic carbocycles. The van der Waals surface area contributed by atoms with Gasteiger partial charge in [0.05, 0.1) is 0 Å². The number of fused-ring (bicyclic) bond motifs is 3. The Morgan fingerprint density at radius 2 is 1.50 bits per heavy atom. The van der Waals surface area contributed by atoms with E-state index in [1.165, 1.54) is 22.3 Å². The SMILES string of the molecule is CC1=C(c2ccc3c(c2)OCO3)c2cc3c(cc2C[C@H]1C)OCO3. The molecule has 24 heavy (non-hydrogen) atoms. The summed E-state index contributed by atoms with van der Waals surface area (Å²) in [6.45, 7) is 5.09. The predicted molar refractivity (Wildman–Crippen MR) is 89.7 cm³/mol. The molecule has 0 bridgehead atoms.